The Bertz CT molecular complexity index is 321. The summed E-state index contributed by atoms with van der Waals surface area (Å²) in [6.45, 7) is 3.59. The minimum absolute atomic E-state index is 0.191. The lowest BCUT2D eigenvalue weighted by Crippen LogP contribution is -2.39. The van der Waals surface area contributed by atoms with Gasteiger partial charge in [-0.25, -0.2) is 4.39 Å². The zero-order chi connectivity index (χ0) is 10.0. The number of rotatable bonds is 2. The highest BCUT2D eigenvalue weighted by molar-refractivity contribution is 5.18. The van der Waals surface area contributed by atoms with Gasteiger partial charge in [-0.3, -0.25) is 5.32 Å². The van der Waals surface area contributed by atoms with E-state index in [-0.39, 0.29) is 11.5 Å². The third-order valence-corrected chi connectivity index (χ3v) is 2.45. The number of benzene rings is 1. The maximum Gasteiger partial charge on any atom is 0.123 e. The van der Waals surface area contributed by atoms with E-state index in [1.54, 1.807) is 12.1 Å². The molecule has 0 amide bonds. The molecule has 1 aromatic carbocycles. The molecule has 1 aliphatic heterocycles. The molecule has 1 fully saturated rings. The van der Waals surface area contributed by atoms with E-state index >= 15 is 0 Å². The van der Waals surface area contributed by atoms with Gasteiger partial charge in [-0.1, -0.05) is 12.1 Å². The van der Waals surface area contributed by atoms with Gasteiger partial charge in [-0.2, -0.15) is 0 Å². The molecule has 1 heterocycles. The first-order valence-corrected chi connectivity index (χ1v) is 4.81. The van der Waals surface area contributed by atoms with Crippen LogP contribution in [-0.2, 0) is 11.2 Å². The molecule has 2 nitrogen and oxygen atoms in total. The van der Waals surface area contributed by atoms with E-state index < -0.39 is 0 Å². The summed E-state index contributed by atoms with van der Waals surface area (Å²) >= 11 is 0. The van der Waals surface area contributed by atoms with Gasteiger partial charge in [-0.15, -0.1) is 0 Å². The lowest BCUT2D eigenvalue weighted by molar-refractivity contribution is 0.00698. The normalized spacial score (nSPS) is 26.7. The highest BCUT2D eigenvalue weighted by Crippen LogP contribution is 2.18. The van der Waals surface area contributed by atoms with Crippen molar-refractivity contribution in [2.45, 2.75) is 19.1 Å². The van der Waals surface area contributed by atoms with Crippen LogP contribution in [0.2, 0.25) is 0 Å². The monoisotopic (exact) mass is 195 g/mol. The van der Waals surface area contributed by atoms with Gasteiger partial charge >= 0.3 is 0 Å². The summed E-state index contributed by atoms with van der Waals surface area (Å²) in [5, 5.41) is 3.26. The molecule has 1 atom stereocenters. The third-order valence-electron chi connectivity index (χ3n) is 2.45. The van der Waals surface area contributed by atoms with Crippen LogP contribution in [0.15, 0.2) is 24.3 Å². The molecule has 0 bridgehead atoms. The quantitative estimate of drug-likeness (QED) is 0.775. The number of ether oxygens (including phenoxy) is 1. The van der Waals surface area contributed by atoms with E-state index in [0.29, 0.717) is 6.42 Å². The Morgan fingerprint density at radius 1 is 1.57 bits per heavy atom. The van der Waals surface area contributed by atoms with Crippen LogP contribution in [0.1, 0.15) is 12.5 Å². The highest BCUT2D eigenvalue weighted by Gasteiger charge is 2.29. The van der Waals surface area contributed by atoms with Crippen molar-refractivity contribution in [2.24, 2.45) is 0 Å². The van der Waals surface area contributed by atoms with Gasteiger partial charge < -0.3 is 4.74 Å². The lowest BCUT2D eigenvalue weighted by Gasteiger charge is -2.23. The molecule has 1 unspecified atom stereocenters. The summed E-state index contributed by atoms with van der Waals surface area (Å²) in [6, 6.07) is 6.64. The van der Waals surface area contributed by atoms with Gasteiger partial charge in [0.05, 0.1) is 6.61 Å². The van der Waals surface area contributed by atoms with Gasteiger partial charge in [0, 0.05) is 13.0 Å². The minimum atomic E-state index is -0.326. The van der Waals surface area contributed by atoms with E-state index in [0.717, 1.165) is 18.7 Å². The van der Waals surface area contributed by atoms with E-state index in [2.05, 4.69) is 5.32 Å². The molecule has 1 N–H and O–H groups in total. The smallest absolute Gasteiger partial charge is 0.123 e. The van der Waals surface area contributed by atoms with Crippen LogP contribution in [0.5, 0.6) is 0 Å². The molecule has 0 saturated carbocycles. The number of hydrogen-bond acceptors (Lipinski definition) is 2. The second-order valence-corrected chi connectivity index (χ2v) is 3.81. The Morgan fingerprint density at radius 3 is 3.07 bits per heavy atom. The summed E-state index contributed by atoms with van der Waals surface area (Å²) < 4.78 is 18.5. The molecule has 3 heteroatoms. The standard InChI is InChI=1S/C11H14FNO/c1-11(13-5-6-14-11)8-9-3-2-4-10(12)7-9/h2-4,7,13H,5-6,8H2,1H3. The predicted molar refractivity (Wildman–Crippen MR) is 52.5 cm³/mol. The van der Waals surface area contributed by atoms with Gasteiger partial charge in [0.25, 0.3) is 0 Å². The largest absolute Gasteiger partial charge is 0.359 e. The minimum Gasteiger partial charge on any atom is -0.359 e. The van der Waals surface area contributed by atoms with Crippen molar-refractivity contribution >= 4 is 0 Å². The Kier molecular flexibility index (Phi) is 2.52. The predicted octanol–water partition coefficient (Wildman–Crippen LogP) is 1.70. The molecule has 0 aliphatic carbocycles. The average molecular weight is 195 g/mol. The van der Waals surface area contributed by atoms with Gasteiger partial charge in [0.1, 0.15) is 11.5 Å². The zero-order valence-electron chi connectivity index (χ0n) is 8.22. The third kappa shape index (κ3) is 2.11. The topological polar surface area (TPSA) is 21.3 Å². The molecule has 14 heavy (non-hydrogen) atoms. The Balaban J connectivity index is 2.10. The summed E-state index contributed by atoms with van der Waals surface area (Å²) in [5.41, 5.74) is 0.634. The molecular weight excluding hydrogens is 181 g/mol. The van der Waals surface area contributed by atoms with Crippen LogP contribution in [0.3, 0.4) is 0 Å². The van der Waals surface area contributed by atoms with Crippen molar-refractivity contribution in [1.29, 1.82) is 0 Å². The average Bonchev–Trinajstić information content (AvgIpc) is 2.51. The second-order valence-electron chi connectivity index (χ2n) is 3.81. The van der Waals surface area contributed by atoms with E-state index in [4.69, 9.17) is 4.74 Å². The fraction of sp³-hybridized carbons (Fsp3) is 0.455. The maximum absolute atomic E-state index is 12.9. The molecule has 1 aromatic rings. The van der Waals surface area contributed by atoms with Gasteiger partial charge in [0.15, 0.2) is 0 Å². The van der Waals surface area contributed by atoms with Crippen molar-refractivity contribution in [3.63, 3.8) is 0 Å². The van der Waals surface area contributed by atoms with Gasteiger partial charge in [0.2, 0.25) is 0 Å². The maximum atomic E-state index is 12.9. The van der Waals surface area contributed by atoms with Crippen LogP contribution < -0.4 is 5.32 Å². The second kappa shape index (κ2) is 3.67. The molecule has 0 radical (unpaired) electrons. The van der Waals surface area contributed by atoms with Crippen LogP contribution in [0, 0.1) is 5.82 Å². The first-order valence-electron chi connectivity index (χ1n) is 4.81. The summed E-state index contributed by atoms with van der Waals surface area (Å²) in [7, 11) is 0. The van der Waals surface area contributed by atoms with Crippen molar-refractivity contribution in [3.05, 3.63) is 35.6 Å². The van der Waals surface area contributed by atoms with E-state index in [9.17, 15) is 4.39 Å². The highest BCUT2D eigenvalue weighted by atomic mass is 19.1. The van der Waals surface area contributed by atoms with Crippen molar-refractivity contribution in [2.75, 3.05) is 13.2 Å². The molecule has 76 valence electrons. The lowest BCUT2D eigenvalue weighted by atomic mass is 10.0. The fourth-order valence-corrected chi connectivity index (χ4v) is 1.79. The molecule has 0 spiro atoms. The SMILES string of the molecule is CC1(Cc2cccc(F)c2)NCCO1. The van der Waals surface area contributed by atoms with Crippen LogP contribution in [-0.4, -0.2) is 18.9 Å². The Labute approximate surface area is 83.1 Å². The molecule has 0 aromatic heterocycles. The molecule has 1 saturated heterocycles. The van der Waals surface area contributed by atoms with Crippen LogP contribution >= 0.6 is 0 Å². The number of halogens is 1. The Morgan fingerprint density at radius 2 is 2.43 bits per heavy atom. The van der Waals surface area contributed by atoms with Crippen molar-refractivity contribution in [3.8, 4) is 0 Å². The van der Waals surface area contributed by atoms with Crippen molar-refractivity contribution < 1.29 is 9.13 Å². The van der Waals surface area contributed by atoms with E-state index in [1.165, 1.54) is 6.07 Å². The van der Waals surface area contributed by atoms with Gasteiger partial charge in [-0.05, 0) is 24.6 Å². The first kappa shape index (κ1) is 9.62. The van der Waals surface area contributed by atoms with Crippen LogP contribution in [0.25, 0.3) is 0 Å². The number of hydrogen-bond donors (Lipinski definition) is 1. The van der Waals surface area contributed by atoms with Crippen LogP contribution in [0.4, 0.5) is 4.39 Å². The Hall–Kier alpha value is -0.930. The molecule has 1 aliphatic rings. The van der Waals surface area contributed by atoms with E-state index in [1.807, 2.05) is 13.0 Å². The summed E-state index contributed by atoms with van der Waals surface area (Å²) in [4.78, 5) is 0. The first-order chi connectivity index (χ1) is 6.68. The number of nitrogens with one attached hydrogen (secondary N) is 1. The fourth-order valence-electron chi connectivity index (χ4n) is 1.79. The van der Waals surface area contributed by atoms with Crippen molar-refractivity contribution in [1.82, 2.24) is 5.32 Å². The molecular formula is C11H14FNO. The zero-order valence-corrected chi connectivity index (χ0v) is 8.22. The summed E-state index contributed by atoms with van der Waals surface area (Å²) in [5.74, 6) is -0.191. The molecule has 2 rings (SSSR count). The summed E-state index contributed by atoms with van der Waals surface area (Å²) in [6.07, 6.45) is 0.699.